The number of nitrogens with zero attached hydrogens (tertiary/aromatic N) is 1. The number of ether oxygens (including phenoxy) is 1. The Hall–Kier alpha value is -2.41. The highest BCUT2D eigenvalue weighted by atomic mass is 35.5. The van der Waals surface area contributed by atoms with Gasteiger partial charge < -0.3 is 4.74 Å². The summed E-state index contributed by atoms with van der Waals surface area (Å²) in [6.07, 6.45) is 3.30. The molecule has 2 atom stereocenters. The standard InChI is InChI=1S/C24H33ClN2O5/c1-17(2)12-20(13-23(30)32-16-18-8-4-3-5-9-18)24(31)26-27(22(29)14-25)15-19-10-6-7-11-21(19)28/h3-5,8-9,17,19-20H,6-7,10-16H2,1-2H3,(H,26,31)/t19?,20-/m1/s1. The number of hydrogen-bond donors (Lipinski definition) is 1. The zero-order valence-electron chi connectivity index (χ0n) is 18.8. The molecule has 1 saturated carbocycles. The predicted octanol–water partition coefficient (Wildman–Crippen LogP) is 3.64. The maximum Gasteiger partial charge on any atom is 0.306 e. The van der Waals surface area contributed by atoms with Crippen LogP contribution in [0.2, 0.25) is 0 Å². The second-order valence-electron chi connectivity index (χ2n) is 8.70. The second kappa shape index (κ2) is 13.2. The second-order valence-corrected chi connectivity index (χ2v) is 8.97. The van der Waals surface area contributed by atoms with Gasteiger partial charge in [0, 0.05) is 12.3 Å². The molecular weight excluding hydrogens is 432 g/mol. The fourth-order valence-electron chi connectivity index (χ4n) is 3.83. The Labute approximate surface area is 194 Å². The van der Waals surface area contributed by atoms with E-state index >= 15 is 0 Å². The Kier molecular flexibility index (Phi) is 10.7. The van der Waals surface area contributed by atoms with E-state index in [0.717, 1.165) is 23.4 Å². The summed E-state index contributed by atoms with van der Waals surface area (Å²) in [5.41, 5.74) is 3.48. The molecule has 1 N–H and O–H groups in total. The number of esters is 1. The van der Waals surface area contributed by atoms with Crippen LogP contribution in [0.1, 0.15) is 57.9 Å². The smallest absolute Gasteiger partial charge is 0.306 e. The van der Waals surface area contributed by atoms with Gasteiger partial charge in [0.2, 0.25) is 5.91 Å². The van der Waals surface area contributed by atoms with Crippen molar-refractivity contribution in [1.29, 1.82) is 0 Å². The molecule has 0 saturated heterocycles. The summed E-state index contributed by atoms with van der Waals surface area (Å²) in [6.45, 7) is 4.15. The summed E-state index contributed by atoms with van der Waals surface area (Å²) in [5.74, 6) is -2.43. The number of amides is 2. The maximum atomic E-state index is 13.0. The molecule has 8 heteroatoms. The van der Waals surface area contributed by atoms with E-state index in [2.05, 4.69) is 5.43 Å². The van der Waals surface area contributed by atoms with Crippen molar-refractivity contribution in [2.45, 2.75) is 59.0 Å². The number of benzene rings is 1. The van der Waals surface area contributed by atoms with E-state index in [-0.39, 0.29) is 43.1 Å². The topological polar surface area (TPSA) is 92.8 Å². The fourth-order valence-corrected chi connectivity index (χ4v) is 3.97. The fraction of sp³-hybridized carbons (Fsp3) is 0.583. The van der Waals surface area contributed by atoms with Crippen molar-refractivity contribution in [3.05, 3.63) is 35.9 Å². The van der Waals surface area contributed by atoms with E-state index in [1.807, 2.05) is 44.2 Å². The Balaban J connectivity index is 2.00. The van der Waals surface area contributed by atoms with Crippen LogP contribution in [0.4, 0.5) is 0 Å². The van der Waals surface area contributed by atoms with Crippen molar-refractivity contribution in [3.8, 4) is 0 Å². The van der Waals surface area contributed by atoms with Crippen LogP contribution >= 0.6 is 11.6 Å². The molecule has 1 aliphatic rings. The molecule has 1 aliphatic carbocycles. The lowest BCUT2D eigenvalue weighted by Crippen LogP contribution is -2.52. The number of ketones is 1. The van der Waals surface area contributed by atoms with Gasteiger partial charge in [0.1, 0.15) is 18.3 Å². The molecule has 32 heavy (non-hydrogen) atoms. The number of nitrogens with one attached hydrogen (secondary N) is 1. The van der Waals surface area contributed by atoms with Crippen LogP contribution in [0.15, 0.2) is 30.3 Å². The van der Waals surface area contributed by atoms with Crippen molar-refractivity contribution < 1.29 is 23.9 Å². The normalized spacial score (nSPS) is 17.0. The van der Waals surface area contributed by atoms with Crippen molar-refractivity contribution in [3.63, 3.8) is 0 Å². The number of hydrogen-bond acceptors (Lipinski definition) is 5. The largest absolute Gasteiger partial charge is 0.461 e. The van der Waals surface area contributed by atoms with E-state index in [4.69, 9.17) is 16.3 Å². The van der Waals surface area contributed by atoms with Gasteiger partial charge in [0.25, 0.3) is 5.91 Å². The molecule has 0 spiro atoms. The number of rotatable bonds is 10. The molecule has 1 fully saturated rings. The maximum absolute atomic E-state index is 13.0. The zero-order chi connectivity index (χ0) is 23.5. The van der Waals surface area contributed by atoms with Gasteiger partial charge in [-0.05, 0) is 30.7 Å². The van der Waals surface area contributed by atoms with Gasteiger partial charge in [-0.3, -0.25) is 29.6 Å². The first kappa shape index (κ1) is 25.8. The highest BCUT2D eigenvalue weighted by Gasteiger charge is 2.30. The van der Waals surface area contributed by atoms with Crippen LogP contribution in [-0.4, -0.2) is 41.0 Å². The molecule has 1 unspecified atom stereocenters. The molecule has 1 aromatic carbocycles. The summed E-state index contributed by atoms with van der Waals surface area (Å²) < 4.78 is 5.33. The van der Waals surface area contributed by atoms with Crippen molar-refractivity contribution >= 4 is 35.2 Å². The van der Waals surface area contributed by atoms with Crippen LogP contribution in [0.25, 0.3) is 0 Å². The van der Waals surface area contributed by atoms with Gasteiger partial charge in [-0.2, -0.15) is 0 Å². The highest BCUT2D eigenvalue weighted by molar-refractivity contribution is 6.27. The number of carbonyl (C=O) groups is 4. The Bertz CT molecular complexity index is 784. The van der Waals surface area contributed by atoms with Crippen molar-refractivity contribution in [2.75, 3.05) is 12.4 Å². The van der Waals surface area contributed by atoms with Crippen molar-refractivity contribution in [1.82, 2.24) is 10.4 Å². The van der Waals surface area contributed by atoms with Crippen LogP contribution in [0.5, 0.6) is 0 Å². The molecule has 2 rings (SSSR count). The van der Waals surface area contributed by atoms with Gasteiger partial charge in [0.15, 0.2) is 0 Å². The molecule has 1 aromatic rings. The SMILES string of the molecule is CC(C)C[C@H](CC(=O)OCc1ccccc1)C(=O)NN(CC1CCCCC1=O)C(=O)CCl. The number of alkyl halides is 1. The quantitative estimate of drug-likeness (QED) is 0.324. The minimum absolute atomic E-state index is 0.0951. The average Bonchev–Trinajstić information content (AvgIpc) is 2.78. The van der Waals surface area contributed by atoms with Crippen LogP contribution in [-0.2, 0) is 30.5 Å². The summed E-state index contributed by atoms with van der Waals surface area (Å²) in [6, 6.07) is 9.31. The molecular formula is C24H33ClN2O5. The Morgan fingerprint density at radius 2 is 1.91 bits per heavy atom. The molecule has 0 aliphatic heterocycles. The molecule has 0 heterocycles. The lowest BCUT2D eigenvalue weighted by Gasteiger charge is -2.30. The molecule has 176 valence electrons. The lowest BCUT2D eigenvalue weighted by molar-refractivity contribution is -0.150. The lowest BCUT2D eigenvalue weighted by atomic mass is 9.88. The third-order valence-electron chi connectivity index (χ3n) is 5.53. The molecule has 0 radical (unpaired) electrons. The number of halogens is 1. The van der Waals surface area contributed by atoms with Gasteiger partial charge in [-0.25, -0.2) is 0 Å². The zero-order valence-corrected chi connectivity index (χ0v) is 19.6. The third-order valence-corrected chi connectivity index (χ3v) is 5.76. The first-order valence-corrected chi connectivity index (χ1v) is 11.7. The van der Waals surface area contributed by atoms with Crippen LogP contribution in [0, 0.1) is 17.8 Å². The van der Waals surface area contributed by atoms with Gasteiger partial charge in [0.05, 0.1) is 18.9 Å². The minimum atomic E-state index is -0.661. The summed E-state index contributed by atoms with van der Waals surface area (Å²) >= 11 is 5.73. The van der Waals surface area contributed by atoms with Gasteiger partial charge in [-0.1, -0.05) is 50.6 Å². The molecule has 0 aromatic heterocycles. The van der Waals surface area contributed by atoms with Gasteiger partial charge >= 0.3 is 5.97 Å². The van der Waals surface area contributed by atoms with Crippen LogP contribution in [0.3, 0.4) is 0 Å². The monoisotopic (exact) mass is 464 g/mol. The molecule has 2 amide bonds. The van der Waals surface area contributed by atoms with E-state index in [1.165, 1.54) is 0 Å². The van der Waals surface area contributed by atoms with E-state index in [1.54, 1.807) is 0 Å². The Morgan fingerprint density at radius 1 is 1.19 bits per heavy atom. The number of Topliss-reactive ketones (excluding diaryl/α,β-unsaturated/α-hetero) is 1. The van der Waals surface area contributed by atoms with E-state index in [0.29, 0.717) is 19.3 Å². The minimum Gasteiger partial charge on any atom is -0.461 e. The first-order chi connectivity index (χ1) is 15.3. The summed E-state index contributed by atoms with van der Waals surface area (Å²) in [4.78, 5) is 49.9. The Morgan fingerprint density at radius 3 is 2.53 bits per heavy atom. The molecule has 7 nitrogen and oxygen atoms in total. The summed E-state index contributed by atoms with van der Waals surface area (Å²) in [5, 5.41) is 1.14. The number of carbonyl (C=O) groups excluding carboxylic acids is 4. The summed E-state index contributed by atoms with van der Waals surface area (Å²) in [7, 11) is 0. The first-order valence-electron chi connectivity index (χ1n) is 11.2. The van der Waals surface area contributed by atoms with Gasteiger partial charge in [-0.15, -0.1) is 11.6 Å². The molecule has 0 bridgehead atoms. The average molecular weight is 465 g/mol. The van der Waals surface area contributed by atoms with E-state index in [9.17, 15) is 19.2 Å². The predicted molar refractivity (Wildman–Crippen MR) is 121 cm³/mol. The highest BCUT2D eigenvalue weighted by Crippen LogP contribution is 2.22. The van der Waals surface area contributed by atoms with Crippen molar-refractivity contribution in [2.24, 2.45) is 17.8 Å². The third kappa shape index (κ3) is 8.61. The van der Waals surface area contributed by atoms with Crippen LogP contribution < -0.4 is 5.43 Å². The number of hydrazine groups is 1. The van der Waals surface area contributed by atoms with E-state index < -0.39 is 23.7 Å².